The van der Waals surface area contributed by atoms with E-state index in [1.54, 1.807) is 0 Å². The highest BCUT2D eigenvalue weighted by Crippen LogP contribution is 2.21. The molecule has 0 saturated heterocycles. The minimum Gasteiger partial charge on any atom is -0.328 e. The molecule has 2 aromatic rings. The van der Waals surface area contributed by atoms with Crippen molar-refractivity contribution in [3.63, 3.8) is 0 Å². The zero-order valence-corrected chi connectivity index (χ0v) is 21.5. The lowest BCUT2D eigenvalue weighted by Gasteiger charge is -2.24. The summed E-state index contributed by atoms with van der Waals surface area (Å²) in [6.45, 7) is 22.3. The molecule has 0 bridgehead atoms. The van der Waals surface area contributed by atoms with Gasteiger partial charge in [0.1, 0.15) is 23.3 Å². The maximum absolute atomic E-state index is 4.85. The van der Waals surface area contributed by atoms with Crippen molar-refractivity contribution in [2.75, 3.05) is 23.7 Å². The highest BCUT2D eigenvalue weighted by molar-refractivity contribution is 5.99. The number of anilines is 2. The van der Waals surface area contributed by atoms with Crippen molar-refractivity contribution in [1.82, 2.24) is 9.97 Å². The van der Waals surface area contributed by atoms with Crippen molar-refractivity contribution >= 4 is 23.3 Å². The van der Waals surface area contributed by atoms with Crippen LogP contribution in [0, 0.1) is 38.5 Å². The number of aliphatic imine (C=N–C) groups is 2. The van der Waals surface area contributed by atoms with Crippen molar-refractivity contribution < 1.29 is 0 Å². The Labute approximate surface area is 194 Å². The van der Waals surface area contributed by atoms with Gasteiger partial charge in [-0.25, -0.2) is 9.97 Å². The number of amidine groups is 2. The third-order valence-electron chi connectivity index (χ3n) is 4.75. The third-order valence-corrected chi connectivity index (χ3v) is 4.75. The lowest BCUT2D eigenvalue weighted by atomic mass is 9.94. The van der Waals surface area contributed by atoms with Gasteiger partial charge in [0.25, 0.3) is 0 Å². The average Bonchev–Trinajstić information content (AvgIpc) is 2.59. The first-order valence-corrected chi connectivity index (χ1v) is 11.3. The van der Waals surface area contributed by atoms with Gasteiger partial charge >= 0.3 is 0 Å². The van der Waals surface area contributed by atoms with Gasteiger partial charge < -0.3 is 10.6 Å². The number of pyridine rings is 2. The summed E-state index contributed by atoms with van der Waals surface area (Å²) < 4.78 is 0. The van der Waals surface area contributed by atoms with Gasteiger partial charge in [-0.1, -0.05) is 41.5 Å². The minimum atomic E-state index is -0.128. The fourth-order valence-electron chi connectivity index (χ4n) is 3.31. The third kappa shape index (κ3) is 8.06. The summed E-state index contributed by atoms with van der Waals surface area (Å²) in [6.07, 6.45) is 0. The zero-order valence-electron chi connectivity index (χ0n) is 21.5. The highest BCUT2D eigenvalue weighted by Gasteiger charge is 2.21. The molecule has 2 rings (SSSR count). The standard InChI is InChI=1S/C26H40N6/c1-17-13-19(3)29-21(15-17)31-23(25(5,6)7)27-11-12-28-24(26(8,9)10)32-22-16-18(2)14-20(4)30-22/h13-16H,11-12H2,1-10H3,(H,27,29,31)(H,28,30,32). The maximum atomic E-state index is 4.85. The van der Waals surface area contributed by atoms with Crippen LogP contribution in [-0.4, -0.2) is 34.7 Å². The Morgan fingerprint density at radius 3 is 1.28 bits per heavy atom. The molecule has 0 aliphatic carbocycles. The van der Waals surface area contributed by atoms with Crippen LogP contribution in [0.5, 0.6) is 0 Å². The van der Waals surface area contributed by atoms with Crippen LogP contribution in [-0.2, 0) is 0 Å². The van der Waals surface area contributed by atoms with Crippen molar-refractivity contribution in [3.05, 3.63) is 46.8 Å². The Bertz CT molecular complexity index is 868. The zero-order chi connectivity index (χ0) is 24.1. The summed E-state index contributed by atoms with van der Waals surface area (Å²) in [7, 11) is 0. The molecule has 0 aliphatic heterocycles. The summed E-state index contributed by atoms with van der Waals surface area (Å²) in [6, 6.07) is 8.23. The molecule has 0 aliphatic rings. The molecule has 2 heterocycles. The van der Waals surface area contributed by atoms with Gasteiger partial charge in [0.2, 0.25) is 0 Å². The average molecular weight is 437 g/mol. The summed E-state index contributed by atoms with van der Waals surface area (Å²) in [4.78, 5) is 18.9. The molecular weight excluding hydrogens is 396 g/mol. The van der Waals surface area contributed by atoms with Gasteiger partial charge in [-0.15, -0.1) is 0 Å². The minimum absolute atomic E-state index is 0.128. The van der Waals surface area contributed by atoms with E-state index in [1.165, 1.54) is 11.1 Å². The normalized spacial score (nSPS) is 13.3. The van der Waals surface area contributed by atoms with Gasteiger partial charge in [-0.3, -0.25) is 9.98 Å². The predicted molar refractivity (Wildman–Crippen MR) is 138 cm³/mol. The topological polar surface area (TPSA) is 74.6 Å². The van der Waals surface area contributed by atoms with E-state index >= 15 is 0 Å². The smallest absolute Gasteiger partial charge is 0.131 e. The van der Waals surface area contributed by atoms with Crippen LogP contribution in [0.4, 0.5) is 11.6 Å². The van der Waals surface area contributed by atoms with E-state index in [2.05, 4.69) is 88.1 Å². The first-order valence-electron chi connectivity index (χ1n) is 11.3. The van der Waals surface area contributed by atoms with Gasteiger partial charge in [-0.2, -0.15) is 0 Å². The van der Waals surface area contributed by atoms with Crippen LogP contribution in [0.1, 0.15) is 64.1 Å². The molecule has 2 N–H and O–H groups in total. The molecule has 6 nitrogen and oxygen atoms in total. The molecule has 0 amide bonds. The van der Waals surface area contributed by atoms with Gasteiger partial charge in [0, 0.05) is 22.2 Å². The van der Waals surface area contributed by atoms with E-state index in [-0.39, 0.29) is 10.8 Å². The molecule has 0 saturated carbocycles. The molecule has 174 valence electrons. The van der Waals surface area contributed by atoms with E-state index in [1.807, 2.05) is 26.0 Å². The van der Waals surface area contributed by atoms with Crippen LogP contribution < -0.4 is 10.6 Å². The highest BCUT2D eigenvalue weighted by atomic mass is 15.1. The van der Waals surface area contributed by atoms with E-state index in [0.717, 1.165) is 34.7 Å². The number of nitrogens with zero attached hydrogens (tertiary/aromatic N) is 4. The molecule has 0 fully saturated rings. The number of aromatic nitrogens is 2. The van der Waals surface area contributed by atoms with Gasteiger partial charge in [-0.05, 0) is 63.1 Å². The van der Waals surface area contributed by atoms with Crippen molar-refractivity contribution in [2.24, 2.45) is 20.8 Å². The van der Waals surface area contributed by atoms with Gasteiger partial charge in [0.05, 0.1) is 13.1 Å². The Kier molecular flexibility index (Phi) is 8.16. The molecule has 2 aromatic heterocycles. The van der Waals surface area contributed by atoms with Crippen molar-refractivity contribution in [2.45, 2.75) is 69.2 Å². The van der Waals surface area contributed by atoms with Gasteiger partial charge in [0.15, 0.2) is 0 Å². The Morgan fingerprint density at radius 1 is 0.656 bits per heavy atom. The van der Waals surface area contributed by atoms with E-state index in [0.29, 0.717) is 13.1 Å². The Morgan fingerprint density at radius 2 is 1.00 bits per heavy atom. The molecule has 0 unspecified atom stereocenters. The van der Waals surface area contributed by atoms with Crippen LogP contribution in [0.25, 0.3) is 0 Å². The molecule has 6 heteroatoms. The largest absolute Gasteiger partial charge is 0.328 e. The Hall–Kier alpha value is -2.76. The second-order valence-corrected chi connectivity index (χ2v) is 10.6. The van der Waals surface area contributed by atoms with E-state index < -0.39 is 0 Å². The number of nitrogens with one attached hydrogen (secondary N) is 2. The summed E-state index contributed by atoms with van der Waals surface area (Å²) in [5.74, 6) is 3.48. The van der Waals surface area contributed by atoms with Crippen LogP contribution in [0.15, 0.2) is 34.3 Å². The van der Waals surface area contributed by atoms with Crippen molar-refractivity contribution in [1.29, 1.82) is 0 Å². The molecule has 0 aromatic carbocycles. The summed E-state index contributed by atoms with van der Waals surface area (Å²) in [5, 5.41) is 6.87. The molecule has 32 heavy (non-hydrogen) atoms. The molecular formula is C26H40N6. The number of rotatable bonds is 5. The summed E-state index contributed by atoms with van der Waals surface area (Å²) >= 11 is 0. The van der Waals surface area contributed by atoms with E-state index in [4.69, 9.17) is 9.98 Å². The fourth-order valence-corrected chi connectivity index (χ4v) is 3.31. The number of hydrogen-bond donors (Lipinski definition) is 2. The van der Waals surface area contributed by atoms with E-state index in [9.17, 15) is 0 Å². The SMILES string of the molecule is Cc1cc(C)nc(NC(=NCCN=C(Nc2cc(C)cc(C)n2)C(C)(C)C)C(C)(C)C)c1. The monoisotopic (exact) mass is 436 g/mol. The first-order chi connectivity index (χ1) is 14.7. The predicted octanol–water partition coefficient (Wildman–Crippen LogP) is 6.12. The Balaban J connectivity index is 2.18. The lowest BCUT2D eigenvalue weighted by molar-refractivity contribution is 0.582. The second kappa shape index (κ2) is 10.2. The summed E-state index contributed by atoms with van der Waals surface area (Å²) in [5.41, 5.74) is 4.09. The van der Waals surface area contributed by atoms with Crippen LogP contribution in [0.2, 0.25) is 0 Å². The maximum Gasteiger partial charge on any atom is 0.131 e. The van der Waals surface area contributed by atoms with Crippen molar-refractivity contribution in [3.8, 4) is 0 Å². The van der Waals surface area contributed by atoms with Crippen LogP contribution >= 0.6 is 0 Å². The molecule has 0 atom stereocenters. The first kappa shape index (κ1) is 25.5. The fraction of sp³-hybridized carbons (Fsp3) is 0.538. The molecule has 0 spiro atoms. The van der Waals surface area contributed by atoms with Crippen LogP contribution in [0.3, 0.4) is 0 Å². The number of hydrogen-bond acceptors (Lipinski definition) is 4. The lowest BCUT2D eigenvalue weighted by Crippen LogP contribution is -2.30. The quantitative estimate of drug-likeness (QED) is 0.336. The molecule has 0 radical (unpaired) electrons. The number of aryl methyl sites for hydroxylation is 4. The second-order valence-electron chi connectivity index (χ2n) is 10.6.